The molecule has 3 aromatic rings. The van der Waals surface area contributed by atoms with Crippen LogP contribution in [0, 0.1) is 5.82 Å². The zero-order valence-corrected chi connectivity index (χ0v) is 23.0. The number of amides is 2. The van der Waals surface area contributed by atoms with E-state index in [1.54, 1.807) is 42.5 Å². The minimum atomic E-state index is -4.49. The molecule has 0 aliphatic carbocycles. The number of carbonyl (C=O) groups excluding carboxylic acids is 2. The summed E-state index contributed by atoms with van der Waals surface area (Å²) in [5.41, 5.74) is 0.0592. The molecule has 0 unspecified atom stereocenters. The Labute approximate surface area is 235 Å². The molecule has 12 heteroatoms. The molecule has 220 valence electrons. The van der Waals surface area contributed by atoms with E-state index in [0.29, 0.717) is 42.9 Å². The number of hydrogen-bond acceptors (Lipinski definition) is 5. The number of benzene rings is 2. The van der Waals surface area contributed by atoms with Crippen molar-refractivity contribution in [2.45, 2.75) is 51.3 Å². The minimum Gasteiger partial charge on any atom is -0.492 e. The van der Waals surface area contributed by atoms with Crippen molar-refractivity contribution in [1.29, 1.82) is 0 Å². The van der Waals surface area contributed by atoms with Crippen LogP contribution in [-0.4, -0.2) is 58.5 Å². The molecule has 1 saturated heterocycles. The molecule has 41 heavy (non-hydrogen) atoms. The maximum Gasteiger partial charge on any atom is 0.416 e. The highest BCUT2D eigenvalue weighted by molar-refractivity contribution is 5.95. The Bertz CT molecular complexity index is 1360. The van der Waals surface area contributed by atoms with Crippen LogP contribution in [0.15, 0.2) is 54.7 Å². The molecule has 0 radical (unpaired) electrons. The monoisotopic (exact) mass is 576 g/mol. The summed E-state index contributed by atoms with van der Waals surface area (Å²) in [6, 6.07) is 10.2. The molecular weight excluding hydrogens is 544 g/mol. The van der Waals surface area contributed by atoms with E-state index in [2.05, 4.69) is 10.4 Å². The summed E-state index contributed by atoms with van der Waals surface area (Å²) in [6.45, 7) is 6.22. The molecule has 2 heterocycles. The number of alkyl halides is 3. The van der Waals surface area contributed by atoms with Gasteiger partial charge in [-0.25, -0.2) is 13.9 Å². The van der Waals surface area contributed by atoms with Gasteiger partial charge < -0.3 is 19.7 Å². The van der Waals surface area contributed by atoms with Gasteiger partial charge in [0, 0.05) is 19.0 Å². The number of halogens is 4. The Balaban J connectivity index is 1.46. The van der Waals surface area contributed by atoms with Crippen LogP contribution in [0.5, 0.6) is 5.75 Å². The highest BCUT2D eigenvalue weighted by Crippen LogP contribution is 2.33. The number of likely N-dealkylation sites (tertiary alicyclic amines) is 1. The van der Waals surface area contributed by atoms with Gasteiger partial charge >= 0.3 is 12.3 Å². The predicted molar refractivity (Wildman–Crippen MR) is 143 cm³/mol. The SMILES string of the molecule is CC(C)(C)OC(=O)N1CCC(c2c(C(=O)NCCOc3cccc(C(F)(F)F)c3)cnn2-c2ccc(F)cc2)CC1. The van der Waals surface area contributed by atoms with Gasteiger partial charge in [0.15, 0.2) is 0 Å². The van der Waals surface area contributed by atoms with Crippen LogP contribution in [0.3, 0.4) is 0 Å². The van der Waals surface area contributed by atoms with Crippen molar-refractivity contribution in [3.05, 3.63) is 77.4 Å². The number of nitrogens with one attached hydrogen (secondary N) is 1. The van der Waals surface area contributed by atoms with E-state index in [-0.39, 0.29) is 24.8 Å². The van der Waals surface area contributed by atoms with Crippen molar-refractivity contribution < 1.29 is 36.6 Å². The van der Waals surface area contributed by atoms with E-state index in [1.165, 1.54) is 30.5 Å². The van der Waals surface area contributed by atoms with Crippen LogP contribution in [0.25, 0.3) is 5.69 Å². The number of hydrogen-bond donors (Lipinski definition) is 1. The topological polar surface area (TPSA) is 85.7 Å². The fourth-order valence-electron chi connectivity index (χ4n) is 4.57. The van der Waals surface area contributed by atoms with E-state index in [9.17, 15) is 27.2 Å². The first kappa shape index (κ1) is 29.9. The van der Waals surface area contributed by atoms with Crippen LogP contribution in [0.1, 0.15) is 61.1 Å². The maximum absolute atomic E-state index is 13.6. The van der Waals surface area contributed by atoms with Crippen molar-refractivity contribution in [2.24, 2.45) is 0 Å². The second kappa shape index (κ2) is 12.2. The number of rotatable bonds is 7. The number of carbonyl (C=O) groups is 2. The molecule has 1 aliphatic rings. The summed E-state index contributed by atoms with van der Waals surface area (Å²) in [6.07, 6.45) is -2.36. The Morgan fingerprint density at radius 1 is 1.05 bits per heavy atom. The largest absolute Gasteiger partial charge is 0.492 e. The van der Waals surface area contributed by atoms with E-state index in [4.69, 9.17) is 9.47 Å². The Hall–Kier alpha value is -4.09. The fourth-order valence-corrected chi connectivity index (χ4v) is 4.57. The van der Waals surface area contributed by atoms with Crippen molar-refractivity contribution in [3.63, 3.8) is 0 Å². The second-order valence-corrected chi connectivity index (χ2v) is 10.7. The normalized spacial score (nSPS) is 14.6. The van der Waals surface area contributed by atoms with E-state index < -0.39 is 35.2 Å². The molecule has 2 amide bonds. The van der Waals surface area contributed by atoms with E-state index in [1.807, 2.05) is 0 Å². The Kier molecular flexibility index (Phi) is 8.89. The first-order valence-corrected chi connectivity index (χ1v) is 13.2. The lowest BCUT2D eigenvalue weighted by Crippen LogP contribution is -2.41. The third kappa shape index (κ3) is 7.77. The van der Waals surface area contributed by atoms with Gasteiger partial charge in [-0.2, -0.15) is 18.3 Å². The van der Waals surface area contributed by atoms with Crippen LogP contribution in [-0.2, 0) is 10.9 Å². The first-order chi connectivity index (χ1) is 19.3. The molecule has 1 aliphatic heterocycles. The molecular formula is C29H32F4N4O4. The molecule has 0 spiro atoms. The molecule has 1 aromatic heterocycles. The third-order valence-corrected chi connectivity index (χ3v) is 6.47. The quantitative estimate of drug-likeness (QED) is 0.278. The Morgan fingerprint density at radius 3 is 2.37 bits per heavy atom. The molecule has 0 saturated carbocycles. The van der Waals surface area contributed by atoms with Crippen LogP contribution in [0.2, 0.25) is 0 Å². The minimum absolute atomic E-state index is 0.0351. The molecule has 1 fully saturated rings. The maximum atomic E-state index is 13.6. The average molecular weight is 577 g/mol. The molecule has 8 nitrogen and oxygen atoms in total. The lowest BCUT2D eigenvalue weighted by Gasteiger charge is -2.34. The molecule has 0 bridgehead atoms. The van der Waals surface area contributed by atoms with Crippen LogP contribution in [0.4, 0.5) is 22.4 Å². The lowest BCUT2D eigenvalue weighted by atomic mass is 9.91. The van der Waals surface area contributed by atoms with Gasteiger partial charge in [-0.3, -0.25) is 4.79 Å². The van der Waals surface area contributed by atoms with Crippen molar-refractivity contribution in [1.82, 2.24) is 20.0 Å². The standard InChI is InChI=1S/C29H32F4N4O4/c1-28(2,3)41-27(39)36-14-11-19(12-15-36)25-24(18-35-37(25)22-9-7-21(30)8-10-22)26(38)34-13-16-40-23-6-4-5-20(17-23)29(31,32)33/h4-10,17-19H,11-16H2,1-3H3,(H,34,38). The summed E-state index contributed by atoms with van der Waals surface area (Å²) < 4.78 is 64.9. The number of ether oxygens (including phenoxy) is 2. The summed E-state index contributed by atoms with van der Waals surface area (Å²) in [7, 11) is 0. The number of nitrogens with zero attached hydrogens (tertiary/aromatic N) is 3. The predicted octanol–water partition coefficient (Wildman–Crippen LogP) is 5.95. The molecule has 0 atom stereocenters. The number of piperidine rings is 1. The zero-order valence-electron chi connectivity index (χ0n) is 23.0. The number of aromatic nitrogens is 2. The van der Waals surface area contributed by atoms with Gasteiger partial charge in [-0.05, 0) is 76.1 Å². The molecule has 1 N–H and O–H groups in total. The van der Waals surface area contributed by atoms with Gasteiger partial charge in [0.1, 0.15) is 23.8 Å². The average Bonchev–Trinajstić information content (AvgIpc) is 3.35. The van der Waals surface area contributed by atoms with Gasteiger partial charge in [0.25, 0.3) is 5.91 Å². The van der Waals surface area contributed by atoms with E-state index >= 15 is 0 Å². The first-order valence-electron chi connectivity index (χ1n) is 13.2. The second-order valence-electron chi connectivity index (χ2n) is 10.7. The van der Waals surface area contributed by atoms with Gasteiger partial charge in [-0.15, -0.1) is 0 Å². The van der Waals surface area contributed by atoms with Gasteiger partial charge in [0.05, 0.1) is 35.2 Å². The third-order valence-electron chi connectivity index (χ3n) is 6.47. The lowest BCUT2D eigenvalue weighted by molar-refractivity contribution is -0.137. The Morgan fingerprint density at radius 2 is 1.73 bits per heavy atom. The fraction of sp³-hybridized carbons (Fsp3) is 0.414. The highest BCUT2D eigenvalue weighted by atomic mass is 19.4. The van der Waals surface area contributed by atoms with Crippen LogP contribution >= 0.6 is 0 Å². The van der Waals surface area contributed by atoms with Gasteiger partial charge in [0.2, 0.25) is 0 Å². The summed E-state index contributed by atoms with van der Waals surface area (Å²) >= 11 is 0. The van der Waals surface area contributed by atoms with Crippen molar-refractivity contribution in [2.75, 3.05) is 26.2 Å². The molecule has 2 aromatic carbocycles. The van der Waals surface area contributed by atoms with Crippen LogP contribution < -0.4 is 10.1 Å². The summed E-state index contributed by atoms with van der Waals surface area (Å²) in [5, 5.41) is 7.15. The smallest absolute Gasteiger partial charge is 0.416 e. The summed E-state index contributed by atoms with van der Waals surface area (Å²) in [5.74, 6) is -0.943. The van der Waals surface area contributed by atoms with Gasteiger partial charge in [-0.1, -0.05) is 6.07 Å². The van der Waals surface area contributed by atoms with Crippen molar-refractivity contribution >= 4 is 12.0 Å². The zero-order chi connectivity index (χ0) is 29.8. The van der Waals surface area contributed by atoms with Crippen molar-refractivity contribution in [3.8, 4) is 11.4 Å². The summed E-state index contributed by atoms with van der Waals surface area (Å²) in [4.78, 5) is 27.4. The van der Waals surface area contributed by atoms with E-state index in [0.717, 1.165) is 12.1 Å². The highest BCUT2D eigenvalue weighted by Gasteiger charge is 2.32. The molecule has 4 rings (SSSR count).